The normalized spacial score (nSPS) is 18.5. The molecular weight excluding hydrogens is 426 g/mol. The van der Waals surface area contributed by atoms with Crippen LogP contribution in [0, 0.1) is 0 Å². The largest absolute Gasteiger partial charge is 0.466 e. The standard InChI is InChI=1S/C24H27N3O4S/c1-31-23(29)16-22-27(21(28)17-32-22)11-5-10-25-12-14-26(15-13-25)24(30)20-9-4-7-18-6-2-3-8-19(18)20/h2-4,6-9,16H,5,10-15,17H2,1H3/b22-16+. The molecule has 0 aliphatic carbocycles. The molecule has 2 aliphatic rings. The molecule has 0 N–H and O–H groups in total. The van der Waals surface area contributed by atoms with Gasteiger partial charge in [-0.2, -0.15) is 0 Å². The highest BCUT2D eigenvalue weighted by Crippen LogP contribution is 2.29. The van der Waals surface area contributed by atoms with Crippen molar-refractivity contribution in [2.45, 2.75) is 6.42 Å². The fourth-order valence-electron chi connectivity index (χ4n) is 4.14. The third kappa shape index (κ3) is 4.97. The van der Waals surface area contributed by atoms with Gasteiger partial charge in [0.05, 0.1) is 24.0 Å². The highest BCUT2D eigenvalue weighted by molar-refractivity contribution is 8.04. The van der Waals surface area contributed by atoms with Gasteiger partial charge in [-0.05, 0) is 29.8 Å². The summed E-state index contributed by atoms with van der Waals surface area (Å²) in [5, 5.41) is 2.73. The van der Waals surface area contributed by atoms with Gasteiger partial charge in [0.2, 0.25) is 5.91 Å². The van der Waals surface area contributed by atoms with Gasteiger partial charge in [0.1, 0.15) is 0 Å². The monoisotopic (exact) mass is 453 g/mol. The number of hydrogen-bond acceptors (Lipinski definition) is 6. The van der Waals surface area contributed by atoms with Crippen molar-refractivity contribution >= 4 is 40.3 Å². The van der Waals surface area contributed by atoms with E-state index in [2.05, 4.69) is 9.64 Å². The van der Waals surface area contributed by atoms with Crippen molar-refractivity contribution in [2.75, 3.05) is 52.1 Å². The van der Waals surface area contributed by atoms with E-state index in [-0.39, 0.29) is 11.8 Å². The number of benzene rings is 2. The van der Waals surface area contributed by atoms with Gasteiger partial charge < -0.3 is 14.5 Å². The second-order valence-electron chi connectivity index (χ2n) is 7.85. The van der Waals surface area contributed by atoms with Crippen molar-refractivity contribution in [1.29, 1.82) is 0 Å². The Morgan fingerprint density at radius 2 is 1.78 bits per heavy atom. The van der Waals surface area contributed by atoms with Gasteiger partial charge in [0.15, 0.2) is 0 Å². The van der Waals surface area contributed by atoms with Crippen molar-refractivity contribution in [3.05, 3.63) is 59.1 Å². The van der Waals surface area contributed by atoms with Crippen LogP contribution >= 0.6 is 11.8 Å². The summed E-state index contributed by atoms with van der Waals surface area (Å²) in [4.78, 5) is 42.7. The Hall–Kier alpha value is -2.84. The Kier molecular flexibility index (Phi) is 7.12. The summed E-state index contributed by atoms with van der Waals surface area (Å²) in [5.74, 6) is 0.0196. The number of rotatable bonds is 6. The fraction of sp³-hybridized carbons (Fsp3) is 0.375. The zero-order valence-electron chi connectivity index (χ0n) is 18.2. The minimum absolute atomic E-state index is 0.0238. The number of esters is 1. The van der Waals surface area contributed by atoms with Crippen LogP contribution in [-0.4, -0.2) is 84.6 Å². The second-order valence-corrected chi connectivity index (χ2v) is 8.85. The lowest BCUT2D eigenvalue weighted by Gasteiger charge is -2.35. The van der Waals surface area contributed by atoms with Crippen molar-refractivity contribution in [1.82, 2.24) is 14.7 Å². The number of piperazine rings is 1. The van der Waals surface area contributed by atoms with Crippen molar-refractivity contribution in [2.24, 2.45) is 0 Å². The lowest BCUT2D eigenvalue weighted by Crippen LogP contribution is -2.49. The van der Waals surface area contributed by atoms with Gasteiger partial charge in [0, 0.05) is 38.3 Å². The first-order valence-corrected chi connectivity index (χ1v) is 11.8. The van der Waals surface area contributed by atoms with Crippen LogP contribution in [0.15, 0.2) is 53.6 Å². The minimum Gasteiger partial charge on any atom is -0.466 e. The fourth-order valence-corrected chi connectivity index (χ4v) is 5.09. The summed E-state index contributed by atoms with van der Waals surface area (Å²) in [6, 6.07) is 13.8. The van der Waals surface area contributed by atoms with E-state index < -0.39 is 5.97 Å². The topological polar surface area (TPSA) is 70.2 Å². The van der Waals surface area contributed by atoms with Crippen molar-refractivity contribution in [3.8, 4) is 0 Å². The number of amides is 2. The summed E-state index contributed by atoms with van der Waals surface area (Å²) in [5.41, 5.74) is 0.756. The maximum Gasteiger partial charge on any atom is 0.333 e. The molecule has 0 spiro atoms. The Morgan fingerprint density at radius 3 is 2.56 bits per heavy atom. The van der Waals surface area contributed by atoms with Gasteiger partial charge >= 0.3 is 5.97 Å². The molecule has 8 heteroatoms. The second kappa shape index (κ2) is 10.2. The van der Waals surface area contributed by atoms with E-state index in [1.165, 1.54) is 24.9 Å². The SMILES string of the molecule is COC(=O)/C=C1/SCC(=O)N1CCCN1CCN(C(=O)c2cccc3ccccc23)CC1. The molecule has 2 heterocycles. The predicted molar refractivity (Wildman–Crippen MR) is 125 cm³/mol. The molecule has 2 aromatic carbocycles. The summed E-state index contributed by atoms with van der Waals surface area (Å²) in [7, 11) is 1.33. The molecule has 2 fully saturated rings. The maximum absolute atomic E-state index is 13.1. The third-order valence-electron chi connectivity index (χ3n) is 5.89. The van der Waals surface area contributed by atoms with Crippen LogP contribution in [0.1, 0.15) is 16.8 Å². The van der Waals surface area contributed by atoms with E-state index in [9.17, 15) is 14.4 Å². The van der Waals surface area contributed by atoms with Crippen LogP contribution in [0.3, 0.4) is 0 Å². The van der Waals surface area contributed by atoms with Gasteiger partial charge in [-0.15, -0.1) is 0 Å². The number of ether oxygens (including phenoxy) is 1. The Labute approximate surface area is 192 Å². The number of hydrogen-bond donors (Lipinski definition) is 0. The summed E-state index contributed by atoms with van der Waals surface area (Å²) >= 11 is 1.37. The van der Waals surface area contributed by atoms with E-state index in [1.807, 2.05) is 47.4 Å². The average molecular weight is 454 g/mol. The Bertz CT molecular complexity index is 1040. The number of carbonyl (C=O) groups is 3. The van der Waals surface area contributed by atoms with Gasteiger partial charge in [-0.3, -0.25) is 14.5 Å². The molecule has 2 saturated heterocycles. The zero-order valence-corrected chi connectivity index (χ0v) is 19.0. The molecule has 168 valence electrons. The van der Waals surface area contributed by atoms with Crippen molar-refractivity contribution < 1.29 is 19.1 Å². The molecule has 0 aromatic heterocycles. The molecule has 7 nitrogen and oxygen atoms in total. The minimum atomic E-state index is -0.445. The van der Waals surface area contributed by atoms with Crippen LogP contribution in [0.25, 0.3) is 10.8 Å². The Balaban J connectivity index is 1.28. The summed E-state index contributed by atoms with van der Waals surface area (Å²) < 4.78 is 4.67. The zero-order chi connectivity index (χ0) is 22.5. The first kappa shape index (κ1) is 22.4. The molecular formula is C24H27N3O4S. The maximum atomic E-state index is 13.1. The van der Waals surface area contributed by atoms with Gasteiger partial charge in [-0.25, -0.2) is 4.79 Å². The number of fused-ring (bicyclic) bond motifs is 1. The molecule has 0 atom stereocenters. The Morgan fingerprint density at radius 1 is 1.03 bits per heavy atom. The van der Waals surface area contributed by atoms with Crippen LogP contribution in [-0.2, 0) is 14.3 Å². The van der Waals surface area contributed by atoms with E-state index >= 15 is 0 Å². The number of methoxy groups -OCH3 is 1. The predicted octanol–water partition coefficient (Wildman–Crippen LogP) is 2.58. The molecule has 0 bridgehead atoms. The molecule has 2 aromatic rings. The summed E-state index contributed by atoms with van der Waals surface area (Å²) in [6.07, 6.45) is 2.19. The first-order chi connectivity index (χ1) is 15.6. The van der Waals surface area contributed by atoms with E-state index in [1.54, 1.807) is 4.90 Å². The molecule has 32 heavy (non-hydrogen) atoms. The van der Waals surface area contributed by atoms with Gasteiger partial charge in [-0.1, -0.05) is 48.2 Å². The molecule has 4 rings (SSSR count). The molecule has 0 saturated carbocycles. The lowest BCUT2D eigenvalue weighted by molar-refractivity contribution is -0.134. The van der Waals surface area contributed by atoms with Crippen LogP contribution in [0.4, 0.5) is 0 Å². The van der Waals surface area contributed by atoms with Crippen molar-refractivity contribution in [3.63, 3.8) is 0 Å². The lowest BCUT2D eigenvalue weighted by atomic mass is 10.0. The highest BCUT2D eigenvalue weighted by Gasteiger charge is 2.28. The molecule has 0 unspecified atom stereocenters. The first-order valence-electron chi connectivity index (χ1n) is 10.8. The summed E-state index contributed by atoms with van der Waals surface area (Å²) in [6.45, 7) is 4.41. The van der Waals surface area contributed by atoms with E-state index in [0.29, 0.717) is 30.4 Å². The molecule has 0 radical (unpaired) electrons. The van der Waals surface area contributed by atoms with E-state index in [0.717, 1.165) is 42.4 Å². The van der Waals surface area contributed by atoms with E-state index in [4.69, 9.17) is 0 Å². The van der Waals surface area contributed by atoms with Crippen LogP contribution < -0.4 is 0 Å². The average Bonchev–Trinajstić information content (AvgIpc) is 3.17. The number of thioether (sulfide) groups is 1. The highest BCUT2D eigenvalue weighted by atomic mass is 32.2. The van der Waals surface area contributed by atoms with Gasteiger partial charge in [0.25, 0.3) is 5.91 Å². The molecule has 2 amide bonds. The number of carbonyl (C=O) groups excluding carboxylic acids is 3. The van der Waals surface area contributed by atoms with Crippen LogP contribution in [0.2, 0.25) is 0 Å². The smallest absolute Gasteiger partial charge is 0.333 e. The third-order valence-corrected chi connectivity index (χ3v) is 6.91. The quantitative estimate of drug-likeness (QED) is 0.495. The number of nitrogens with zero attached hydrogens (tertiary/aromatic N) is 3. The molecule has 2 aliphatic heterocycles. The van der Waals surface area contributed by atoms with Crippen LogP contribution in [0.5, 0.6) is 0 Å².